The monoisotopic (exact) mass is 246 g/mol. The molecular formula is C12H14N4O2. The van der Waals surface area contributed by atoms with Gasteiger partial charge in [-0.25, -0.2) is 0 Å². The zero-order chi connectivity index (χ0) is 12.8. The van der Waals surface area contributed by atoms with Crippen LogP contribution in [0, 0.1) is 5.92 Å². The SMILES string of the molecule is [N-]=[N+]=Nc1ccc(NC(=O)C2CCOCC2)cc1. The second kappa shape index (κ2) is 6.05. The van der Waals surface area contributed by atoms with E-state index in [9.17, 15) is 4.79 Å². The molecule has 2 rings (SSSR count). The van der Waals surface area contributed by atoms with Crippen LogP contribution in [0.2, 0.25) is 0 Å². The van der Waals surface area contributed by atoms with Crippen molar-refractivity contribution >= 4 is 17.3 Å². The van der Waals surface area contributed by atoms with E-state index in [-0.39, 0.29) is 11.8 Å². The predicted molar refractivity (Wildman–Crippen MR) is 67.4 cm³/mol. The number of nitrogens with one attached hydrogen (secondary N) is 1. The molecule has 1 aromatic rings. The molecule has 0 saturated carbocycles. The van der Waals surface area contributed by atoms with Crippen LogP contribution in [-0.2, 0) is 9.53 Å². The number of benzene rings is 1. The fourth-order valence-electron chi connectivity index (χ4n) is 1.87. The Hall–Kier alpha value is -2.04. The Bertz CT molecular complexity index is 459. The minimum Gasteiger partial charge on any atom is -0.381 e. The average molecular weight is 246 g/mol. The highest BCUT2D eigenvalue weighted by molar-refractivity contribution is 5.92. The quantitative estimate of drug-likeness (QED) is 0.504. The molecule has 0 atom stereocenters. The number of hydrogen-bond donors (Lipinski definition) is 1. The van der Waals surface area contributed by atoms with Crippen molar-refractivity contribution in [3.63, 3.8) is 0 Å². The number of anilines is 1. The van der Waals surface area contributed by atoms with Crippen LogP contribution in [0.4, 0.5) is 11.4 Å². The van der Waals surface area contributed by atoms with Gasteiger partial charge in [-0.3, -0.25) is 4.79 Å². The van der Waals surface area contributed by atoms with Crippen LogP contribution >= 0.6 is 0 Å². The number of carbonyl (C=O) groups excluding carboxylic acids is 1. The molecule has 6 nitrogen and oxygen atoms in total. The molecule has 1 heterocycles. The molecule has 0 bridgehead atoms. The summed E-state index contributed by atoms with van der Waals surface area (Å²) in [5.41, 5.74) is 9.52. The normalized spacial score (nSPS) is 15.8. The van der Waals surface area contributed by atoms with Crippen LogP contribution in [-0.4, -0.2) is 19.1 Å². The van der Waals surface area contributed by atoms with Crippen molar-refractivity contribution in [2.24, 2.45) is 11.0 Å². The lowest BCUT2D eigenvalue weighted by atomic mass is 9.99. The summed E-state index contributed by atoms with van der Waals surface area (Å²) < 4.78 is 5.22. The van der Waals surface area contributed by atoms with Gasteiger partial charge in [0.05, 0.1) is 0 Å². The van der Waals surface area contributed by atoms with E-state index in [1.165, 1.54) is 0 Å². The lowest BCUT2D eigenvalue weighted by molar-refractivity contribution is -0.122. The third-order valence-corrected chi connectivity index (χ3v) is 2.89. The zero-order valence-electron chi connectivity index (χ0n) is 9.87. The van der Waals surface area contributed by atoms with Crippen LogP contribution in [0.1, 0.15) is 12.8 Å². The molecule has 1 amide bonds. The standard InChI is InChI=1S/C12H14N4O2/c13-16-15-11-3-1-10(2-4-11)14-12(17)9-5-7-18-8-6-9/h1-4,9H,5-8H2,(H,14,17). The topological polar surface area (TPSA) is 87.1 Å². The van der Waals surface area contributed by atoms with E-state index in [0.717, 1.165) is 12.8 Å². The van der Waals surface area contributed by atoms with E-state index in [1.807, 2.05) is 0 Å². The maximum Gasteiger partial charge on any atom is 0.227 e. The number of ether oxygens (including phenoxy) is 1. The fraction of sp³-hybridized carbons (Fsp3) is 0.417. The van der Waals surface area contributed by atoms with E-state index in [0.29, 0.717) is 24.6 Å². The fourth-order valence-corrected chi connectivity index (χ4v) is 1.87. The molecule has 0 unspecified atom stereocenters. The lowest BCUT2D eigenvalue weighted by Crippen LogP contribution is -2.28. The van der Waals surface area contributed by atoms with Gasteiger partial charge >= 0.3 is 0 Å². The Labute approximate surface area is 105 Å². The van der Waals surface area contributed by atoms with Gasteiger partial charge < -0.3 is 10.1 Å². The highest BCUT2D eigenvalue weighted by Gasteiger charge is 2.21. The first-order chi connectivity index (χ1) is 8.79. The summed E-state index contributed by atoms with van der Waals surface area (Å²) >= 11 is 0. The first-order valence-electron chi connectivity index (χ1n) is 5.83. The molecule has 18 heavy (non-hydrogen) atoms. The molecule has 1 N–H and O–H groups in total. The molecule has 94 valence electrons. The summed E-state index contributed by atoms with van der Waals surface area (Å²) in [4.78, 5) is 14.6. The van der Waals surface area contributed by atoms with Crippen molar-refractivity contribution in [2.75, 3.05) is 18.5 Å². The van der Waals surface area contributed by atoms with Crippen molar-refractivity contribution < 1.29 is 9.53 Å². The molecule has 0 aromatic heterocycles. The first kappa shape index (κ1) is 12.4. The average Bonchev–Trinajstić information content (AvgIpc) is 2.42. The van der Waals surface area contributed by atoms with Gasteiger partial charge in [-0.1, -0.05) is 17.2 Å². The number of rotatable bonds is 3. The van der Waals surface area contributed by atoms with Gasteiger partial charge in [-0.05, 0) is 30.5 Å². The summed E-state index contributed by atoms with van der Waals surface area (Å²) in [6, 6.07) is 6.78. The van der Waals surface area contributed by atoms with E-state index in [2.05, 4.69) is 15.3 Å². The summed E-state index contributed by atoms with van der Waals surface area (Å²) in [7, 11) is 0. The maximum absolute atomic E-state index is 11.9. The third kappa shape index (κ3) is 3.23. The van der Waals surface area contributed by atoms with Crippen molar-refractivity contribution in [3.05, 3.63) is 34.7 Å². The molecule has 0 spiro atoms. The third-order valence-electron chi connectivity index (χ3n) is 2.89. The highest BCUT2D eigenvalue weighted by Crippen LogP contribution is 2.20. The van der Waals surface area contributed by atoms with Gasteiger partial charge in [0.15, 0.2) is 0 Å². The first-order valence-corrected chi connectivity index (χ1v) is 5.83. The summed E-state index contributed by atoms with van der Waals surface area (Å²) in [6.07, 6.45) is 1.53. The minimum absolute atomic E-state index is 0.0230. The Balaban J connectivity index is 1.95. The molecule has 0 aliphatic carbocycles. The number of hydrogen-bond acceptors (Lipinski definition) is 3. The second-order valence-electron chi connectivity index (χ2n) is 4.11. The zero-order valence-corrected chi connectivity index (χ0v) is 9.87. The van der Waals surface area contributed by atoms with Crippen LogP contribution in [0.15, 0.2) is 29.4 Å². The number of nitrogens with zero attached hydrogens (tertiary/aromatic N) is 3. The largest absolute Gasteiger partial charge is 0.381 e. The summed E-state index contributed by atoms with van der Waals surface area (Å²) in [5, 5.41) is 6.32. The van der Waals surface area contributed by atoms with Gasteiger partial charge in [0.1, 0.15) is 0 Å². The highest BCUT2D eigenvalue weighted by atomic mass is 16.5. The molecule has 0 radical (unpaired) electrons. The minimum atomic E-state index is 0.0230. The maximum atomic E-state index is 11.9. The second-order valence-corrected chi connectivity index (χ2v) is 4.11. The predicted octanol–water partition coefficient (Wildman–Crippen LogP) is 2.99. The Morgan fingerprint density at radius 3 is 2.61 bits per heavy atom. The van der Waals surface area contributed by atoms with Crippen molar-refractivity contribution in [3.8, 4) is 0 Å². The molecule has 1 fully saturated rings. The Morgan fingerprint density at radius 1 is 1.33 bits per heavy atom. The summed E-state index contributed by atoms with van der Waals surface area (Å²) in [6.45, 7) is 1.29. The van der Waals surface area contributed by atoms with Crippen molar-refractivity contribution in [2.45, 2.75) is 12.8 Å². The van der Waals surface area contributed by atoms with E-state index in [1.54, 1.807) is 24.3 Å². The van der Waals surface area contributed by atoms with Gasteiger partial charge in [-0.2, -0.15) is 0 Å². The van der Waals surface area contributed by atoms with Crippen LogP contribution in [0.25, 0.3) is 10.4 Å². The number of azide groups is 1. The Kier molecular flexibility index (Phi) is 4.17. The molecular weight excluding hydrogens is 232 g/mol. The molecule has 1 aliphatic heterocycles. The van der Waals surface area contributed by atoms with Gasteiger partial charge in [0, 0.05) is 35.4 Å². The Morgan fingerprint density at radius 2 is 2.00 bits per heavy atom. The molecule has 1 aromatic carbocycles. The molecule has 6 heteroatoms. The van der Waals surface area contributed by atoms with Crippen LogP contribution in [0.3, 0.4) is 0 Å². The van der Waals surface area contributed by atoms with E-state index >= 15 is 0 Å². The van der Waals surface area contributed by atoms with Crippen LogP contribution in [0.5, 0.6) is 0 Å². The number of amides is 1. The smallest absolute Gasteiger partial charge is 0.227 e. The molecule has 1 saturated heterocycles. The van der Waals surface area contributed by atoms with Gasteiger partial charge in [0.2, 0.25) is 5.91 Å². The van der Waals surface area contributed by atoms with Gasteiger partial charge in [0.25, 0.3) is 0 Å². The van der Waals surface area contributed by atoms with E-state index < -0.39 is 0 Å². The lowest BCUT2D eigenvalue weighted by Gasteiger charge is -2.21. The van der Waals surface area contributed by atoms with E-state index in [4.69, 9.17) is 10.3 Å². The van der Waals surface area contributed by atoms with Crippen LogP contribution < -0.4 is 5.32 Å². The molecule has 1 aliphatic rings. The van der Waals surface area contributed by atoms with Crippen molar-refractivity contribution in [1.29, 1.82) is 0 Å². The summed E-state index contributed by atoms with van der Waals surface area (Å²) in [5.74, 6) is 0.0467. The number of carbonyl (C=O) groups is 1. The van der Waals surface area contributed by atoms with Gasteiger partial charge in [-0.15, -0.1) is 0 Å². The van der Waals surface area contributed by atoms with Crippen molar-refractivity contribution in [1.82, 2.24) is 0 Å².